The maximum atomic E-state index is 12.9. The summed E-state index contributed by atoms with van der Waals surface area (Å²) in [6.45, 7) is 6.40. The Morgan fingerprint density at radius 2 is 1.67 bits per heavy atom. The minimum Gasteiger partial charge on any atom is -0.490 e. The molecular weight excluding hydrogens is 587 g/mol. The zero-order valence-corrected chi connectivity index (χ0v) is 25.9. The van der Waals surface area contributed by atoms with E-state index < -0.39 is 11.7 Å². The summed E-state index contributed by atoms with van der Waals surface area (Å²) in [4.78, 5) is 9.30. The number of likely N-dealkylation sites (tertiary alicyclic amines) is 1. The molecule has 3 aromatic carbocycles. The van der Waals surface area contributed by atoms with Crippen molar-refractivity contribution >= 4 is 22.3 Å². The lowest BCUT2D eigenvalue weighted by atomic mass is 10.0. The first-order chi connectivity index (χ1) is 22.3. The Hall–Kier alpha value is -4.55. The smallest absolute Gasteiger partial charge is 0.416 e. The zero-order chi connectivity index (χ0) is 32.1. The molecule has 2 aliphatic rings. The zero-order valence-electron chi connectivity index (χ0n) is 25.9. The predicted molar refractivity (Wildman–Crippen MR) is 175 cm³/mol. The van der Waals surface area contributed by atoms with Crippen LogP contribution in [0, 0.1) is 11.3 Å². The molecule has 1 N–H and O–H groups in total. The van der Waals surface area contributed by atoms with Crippen LogP contribution in [0.4, 0.5) is 18.9 Å². The molecule has 9 heteroatoms. The molecule has 6 rings (SSSR count). The Balaban J connectivity index is 1.02. The molecule has 2 aliphatic heterocycles. The van der Waals surface area contributed by atoms with Crippen LogP contribution >= 0.6 is 0 Å². The van der Waals surface area contributed by atoms with Gasteiger partial charge in [-0.05, 0) is 86.0 Å². The Morgan fingerprint density at radius 3 is 2.33 bits per heavy atom. The summed E-state index contributed by atoms with van der Waals surface area (Å²) in [6, 6.07) is 23.9. The number of halogens is 3. The summed E-state index contributed by atoms with van der Waals surface area (Å²) in [5.41, 5.74) is 5.11. The van der Waals surface area contributed by atoms with E-state index in [1.807, 2.05) is 55.6 Å². The van der Waals surface area contributed by atoms with Crippen LogP contribution in [-0.4, -0.2) is 48.2 Å². The molecule has 0 bridgehead atoms. The molecule has 0 aliphatic carbocycles. The number of nitriles is 1. The number of nitrogens with one attached hydrogen (secondary N) is 1. The van der Waals surface area contributed by atoms with Gasteiger partial charge in [0, 0.05) is 80.1 Å². The summed E-state index contributed by atoms with van der Waals surface area (Å²) < 4.78 is 45.2. The average Bonchev–Trinajstić information content (AvgIpc) is 3.08. The van der Waals surface area contributed by atoms with Crippen molar-refractivity contribution < 1.29 is 17.9 Å². The van der Waals surface area contributed by atoms with Crippen LogP contribution < -0.4 is 15.0 Å². The van der Waals surface area contributed by atoms with Gasteiger partial charge in [-0.25, -0.2) is 0 Å². The second kappa shape index (κ2) is 13.8. The first-order valence-corrected chi connectivity index (χ1v) is 15.9. The number of fused-ring (bicyclic) bond motifs is 1. The van der Waals surface area contributed by atoms with Gasteiger partial charge in [-0.2, -0.15) is 18.4 Å². The number of hydrogen-bond donors (Lipinski definition) is 1. The van der Waals surface area contributed by atoms with Crippen molar-refractivity contribution in [1.82, 2.24) is 15.2 Å². The normalized spacial score (nSPS) is 17.2. The number of piperidine rings is 2. The number of pyridine rings is 1. The number of hydrogen-bond acceptors (Lipinski definition) is 6. The number of ether oxygens (including phenoxy) is 1. The molecule has 1 aromatic heterocycles. The number of allylic oxidation sites excluding steroid dienone is 1. The summed E-state index contributed by atoms with van der Waals surface area (Å²) in [5.74, 6) is 0.795. The Labute approximate surface area is 268 Å². The maximum Gasteiger partial charge on any atom is 0.416 e. The molecular formula is C37H38F3N5O. The lowest BCUT2D eigenvalue weighted by Crippen LogP contribution is -2.41. The molecule has 0 radical (unpaired) electrons. The quantitative estimate of drug-likeness (QED) is 0.216. The van der Waals surface area contributed by atoms with E-state index in [1.54, 1.807) is 12.1 Å². The standard InChI is InChI=1S/C37H38F3N5O/c1-2-35(43-31-13-17-44(18-14-31)25-27-5-3-26(23-41)4-6-27)29-21-28-22-34(11-12-36(28)42-24-29)46-33-15-19-45(20-16-33)32-9-7-30(8-10-32)37(38,39)40/h2-12,21-22,24,31,33,43H,13-20,25H2,1H3/b35-2-. The molecule has 0 amide bonds. The minimum absolute atomic E-state index is 0.0369. The Kier molecular flexibility index (Phi) is 9.46. The fourth-order valence-electron chi connectivity index (χ4n) is 6.35. The van der Waals surface area contributed by atoms with Crippen molar-refractivity contribution in [3.8, 4) is 11.8 Å². The van der Waals surface area contributed by atoms with Gasteiger partial charge in [0.15, 0.2) is 0 Å². The van der Waals surface area contributed by atoms with Crippen molar-refractivity contribution in [3.05, 3.63) is 107 Å². The Bertz CT molecular complexity index is 1700. The minimum atomic E-state index is -4.33. The van der Waals surface area contributed by atoms with Gasteiger partial charge in [0.2, 0.25) is 0 Å². The van der Waals surface area contributed by atoms with Gasteiger partial charge in [0.25, 0.3) is 0 Å². The van der Waals surface area contributed by atoms with E-state index in [0.29, 0.717) is 11.6 Å². The monoisotopic (exact) mass is 625 g/mol. The van der Waals surface area contributed by atoms with Crippen LogP contribution in [0.5, 0.6) is 5.75 Å². The van der Waals surface area contributed by atoms with Crippen LogP contribution in [0.15, 0.2) is 85.1 Å². The first kappa shape index (κ1) is 31.4. The van der Waals surface area contributed by atoms with Crippen LogP contribution in [0.2, 0.25) is 0 Å². The third-order valence-electron chi connectivity index (χ3n) is 8.99. The SMILES string of the molecule is C/C=C(\NC1CCN(Cc2ccc(C#N)cc2)CC1)c1cnc2ccc(OC3CCN(c4ccc(C(F)(F)F)cc4)CC3)cc2c1. The predicted octanol–water partition coefficient (Wildman–Crippen LogP) is 7.79. The van der Waals surface area contributed by atoms with E-state index in [2.05, 4.69) is 33.3 Å². The fourth-order valence-corrected chi connectivity index (χ4v) is 6.35. The van der Waals surface area contributed by atoms with E-state index in [-0.39, 0.29) is 6.10 Å². The summed E-state index contributed by atoms with van der Waals surface area (Å²) in [6.07, 6.45) is 3.41. The molecule has 6 nitrogen and oxygen atoms in total. The van der Waals surface area contributed by atoms with Gasteiger partial charge in [-0.15, -0.1) is 0 Å². The molecule has 46 heavy (non-hydrogen) atoms. The van der Waals surface area contributed by atoms with Crippen LogP contribution in [0.3, 0.4) is 0 Å². The molecule has 0 atom stereocenters. The van der Waals surface area contributed by atoms with Gasteiger partial charge in [-0.3, -0.25) is 9.88 Å². The molecule has 238 valence electrons. The lowest BCUT2D eigenvalue weighted by Gasteiger charge is -2.34. The van der Waals surface area contributed by atoms with E-state index >= 15 is 0 Å². The first-order valence-electron chi connectivity index (χ1n) is 15.9. The largest absolute Gasteiger partial charge is 0.490 e. The van der Waals surface area contributed by atoms with Gasteiger partial charge >= 0.3 is 6.18 Å². The van der Waals surface area contributed by atoms with Crippen molar-refractivity contribution in [2.24, 2.45) is 0 Å². The van der Waals surface area contributed by atoms with E-state index in [0.717, 1.165) is 104 Å². The Morgan fingerprint density at radius 1 is 0.957 bits per heavy atom. The number of anilines is 1. The fraction of sp³-hybridized carbons (Fsp3) is 0.351. The number of alkyl halides is 3. The average molecular weight is 626 g/mol. The maximum absolute atomic E-state index is 12.9. The number of aromatic nitrogens is 1. The van der Waals surface area contributed by atoms with Crippen molar-refractivity contribution in [1.29, 1.82) is 5.26 Å². The molecule has 3 heterocycles. The summed E-state index contributed by atoms with van der Waals surface area (Å²) >= 11 is 0. The number of rotatable bonds is 8. The highest BCUT2D eigenvalue weighted by molar-refractivity contribution is 5.83. The van der Waals surface area contributed by atoms with E-state index in [9.17, 15) is 13.2 Å². The lowest BCUT2D eigenvalue weighted by molar-refractivity contribution is -0.137. The van der Waals surface area contributed by atoms with Crippen LogP contribution in [-0.2, 0) is 12.7 Å². The molecule has 0 unspecified atom stereocenters. The molecule has 2 saturated heterocycles. The van der Waals surface area contributed by atoms with Crippen molar-refractivity contribution in [3.63, 3.8) is 0 Å². The second-order valence-electron chi connectivity index (χ2n) is 12.1. The highest BCUT2D eigenvalue weighted by atomic mass is 19.4. The number of benzene rings is 3. The highest BCUT2D eigenvalue weighted by Crippen LogP contribution is 2.32. The number of nitrogens with zero attached hydrogens (tertiary/aromatic N) is 4. The van der Waals surface area contributed by atoms with E-state index in [1.165, 1.54) is 5.56 Å². The molecule has 0 saturated carbocycles. The molecule has 4 aromatic rings. The third-order valence-corrected chi connectivity index (χ3v) is 8.99. The van der Waals surface area contributed by atoms with Gasteiger partial charge in [-0.1, -0.05) is 18.2 Å². The van der Waals surface area contributed by atoms with Crippen molar-refractivity contribution in [2.75, 3.05) is 31.1 Å². The van der Waals surface area contributed by atoms with Gasteiger partial charge in [0.05, 0.1) is 22.7 Å². The van der Waals surface area contributed by atoms with E-state index in [4.69, 9.17) is 15.0 Å². The van der Waals surface area contributed by atoms with Gasteiger partial charge in [0.1, 0.15) is 11.9 Å². The summed E-state index contributed by atoms with van der Waals surface area (Å²) in [5, 5.41) is 13.8. The van der Waals surface area contributed by atoms with Gasteiger partial charge < -0.3 is 15.0 Å². The summed E-state index contributed by atoms with van der Waals surface area (Å²) in [7, 11) is 0. The highest BCUT2D eigenvalue weighted by Gasteiger charge is 2.30. The molecule has 2 fully saturated rings. The topological polar surface area (TPSA) is 64.4 Å². The third kappa shape index (κ3) is 7.63. The molecule has 0 spiro atoms. The van der Waals surface area contributed by atoms with Crippen LogP contribution in [0.1, 0.15) is 54.9 Å². The van der Waals surface area contributed by atoms with Crippen molar-refractivity contribution in [2.45, 2.75) is 57.5 Å². The van der Waals surface area contributed by atoms with Crippen LogP contribution in [0.25, 0.3) is 16.6 Å². The second-order valence-corrected chi connectivity index (χ2v) is 12.1.